The van der Waals surface area contributed by atoms with Crippen molar-refractivity contribution in [1.82, 2.24) is 0 Å². The van der Waals surface area contributed by atoms with Crippen LogP contribution in [0.15, 0.2) is 12.1 Å². The highest BCUT2D eigenvalue weighted by atomic mass is 35.5. The van der Waals surface area contributed by atoms with Crippen LogP contribution in [-0.2, 0) is 9.53 Å². The van der Waals surface area contributed by atoms with E-state index >= 15 is 0 Å². The van der Waals surface area contributed by atoms with E-state index in [9.17, 15) is 4.79 Å². The van der Waals surface area contributed by atoms with Crippen LogP contribution in [0.2, 0.25) is 10.0 Å². The Hall–Kier alpha value is -0.970. The molecule has 21 heavy (non-hydrogen) atoms. The average Bonchev–Trinajstić information content (AvgIpc) is 3.22. The Morgan fingerprint density at radius 3 is 2.76 bits per heavy atom. The number of carbonyl (C=O) groups is 1. The summed E-state index contributed by atoms with van der Waals surface area (Å²) in [6, 6.07) is 3.11. The van der Waals surface area contributed by atoms with E-state index in [1.54, 1.807) is 12.1 Å². The van der Waals surface area contributed by atoms with Gasteiger partial charge in [-0.1, -0.05) is 36.0 Å². The minimum Gasteiger partial charge on any atom is -0.397 e. The molecule has 6 heteroatoms. The molecule has 0 aromatic heterocycles. The summed E-state index contributed by atoms with van der Waals surface area (Å²) in [6.07, 6.45) is 4.89. The van der Waals surface area contributed by atoms with Gasteiger partial charge in [-0.3, -0.25) is 4.79 Å². The molecule has 0 saturated heterocycles. The summed E-state index contributed by atoms with van der Waals surface area (Å²) in [5.74, 6) is 0.750. The Kier molecular flexibility index (Phi) is 6.15. The molecule has 0 unspecified atom stereocenters. The zero-order valence-corrected chi connectivity index (χ0v) is 13.3. The highest BCUT2D eigenvalue weighted by Crippen LogP contribution is 2.32. The van der Waals surface area contributed by atoms with Crippen LogP contribution in [-0.4, -0.2) is 19.1 Å². The van der Waals surface area contributed by atoms with E-state index in [0.717, 1.165) is 18.9 Å². The van der Waals surface area contributed by atoms with Crippen molar-refractivity contribution in [3.63, 3.8) is 0 Å². The van der Waals surface area contributed by atoms with Crippen molar-refractivity contribution in [3.8, 4) is 0 Å². The Balaban J connectivity index is 1.66. The summed E-state index contributed by atoms with van der Waals surface area (Å²) in [5.41, 5.74) is 6.57. The van der Waals surface area contributed by atoms with Crippen molar-refractivity contribution in [2.75, 3.05) is 24.3 Å². The number of benzene rings is 1. The van der Waals surface area contributed by atoms with Gasteiger partial charge in [0.25, 0.3) is 0 Å². The molecule has 0 radical (unpaired) electrons. The first kappa shape index (κ1) is 16.4. The van der Waals surface area contributed by atoms with Crippen molar-refractivity contribution in [3.05, 3.63) is 22.2 Å². The van der Waals surface area contributed by atoms with Crippen LogP contribution in [0.25, 0.3) is 0 Å². The van der Waals surface area contributed by atoms with Crippen LogP contribution in [0.3, 0.4) is 0 Å². The molecular formula is C15H20Cl2N2O2. The molecule has 3 N–H and O–H groups in total. The fourth-order valence-corrected chi connectivity index (χ4v) is 2.58. The van der Waals surface area contributed by atoms with Crippen LogP contribution in [0.4, 0.5) is 11.4 Å². The topological polar surface area (TPSA) is 64.3 Å². The number of nitrogen functional groups attached to an aromatic ring is 1. The smallest absolute Gasteiger partial charge is 0.224 e. The lowest BCUT2D eigenvalue weighted by atomic mass is 10.2. The monoisotopic (exact) mass is 330 g/mol. The minimum atomic E-state index is -0.128. The predicted octanol–water partition coefficient (Wildman–Crippen LogP) is 4.11. The number of hydrogen-bond donors (Lipinski definition) is 2. The number of nitrogens with one attached hydrogen (secondary N) is 1. The summed E-state index contributed by atoms with van der Waals surface area (Å²) in [5, 5.41) is 3.50. The van der Waals surface area contributed by atoms with Gasteiger partial charge < -0.3 is 15.8 Å². The Labute approximate surface area is 134 Å². The molecule has 0 heterocycles. The van der Waals surface area contributed by atoms with Gasteiger partial charge in [0.15, 0.2) is 0 Å². The number of nitrogens with two attached hydrogens (primary N) is 1. The summed E-state index contributed by atoms with van der Waals surface area (Å²) in [7, 11) is 0. The van der Waals surface area contributed by atoms with Gasteiger partial charge in [-0.25, -0.2) is 0 Å². The van der Waals surface area contributed by atoms with Crippen molar-refractivity contribution in [2.45, 2.75) is 32.1 Å². The van der Waals surface area contributed by atoms with Crippen LogP contribution in [0.1, 0.15) is 32.1 Å². The molecule has 0 spiro atoms. The SMILES string of the molecule is Nc1cc(Cl)cc(Cl)c1NC(=O)CCCOCCC1CC1. The molecule has 1 fully saturated rings. The predicted molar refractivity (Wildman–Crippen MR) is 86.9 cm³/mol. The normalized spacial score (nSPS) is 14.2. The molecule has 2 rings (SSSR count). The van der Waals surface area contributed by atoms with Gasteiger partial charge in [-0.05, 0) is 30.9 Å². The molecule has 0 atom stereocenters. The van der Waals surface area contributed by atoms with Crippen LogP contribution < -0.4 is 11.1 Å². The number of amides is 1. The first-order valence-corrected chi connectivity index (χ1v) is 7.94. The van der Waals surface area contributed by atoms with E-state index in [4.69, 9.17) is 33.7 Å². The Morgan fingerprint density at radius 1 is 1.33 bits per heavy atom. The lowest BCUT2D eigenvalue weighted by Crippen LogP contribution is -2.14. The summed E-state index contributed by atoms with van der Waals surface area (Å²) in [6.45, 7) is 1.40. The number of anilines is 2. The standard InChI is InChI=1S/C15H20Cl2N2O2/c16-11-8-12(17)15(13(18)9-11)19-14(20)2-1-6-21-7-5-10-3-4-10/h8-10H,1-7,18H2,(H,19,20). The fraction of sp³-hybridized carbons (Fsp3) is 0.533. The third kappa shape index (κ3) is 5.73. The van der Waals surface area contributed by atoms with Gasteiger partial charge in [0.2, 0.25) is 5.91 Å². The van der Waals surface area contributed by atoms with E-state index in [0.29, 0.717) is 40.9 Å². The molecule has 0 bridgehead atoms. The maximum Gasteiger partial charge on any atom is 0.224 e. The molecular weight excluding hydrogens is 311 g/mol. The molecule has 1 aromatic carbocycles. The number of hydrogen-bond acceptors (Lipinski definition) is 3. The van der Waals surface area contributed by atoms with Crippen LogP contribution in [0, 0.1) is 5.92 Å². The molecule has 116 valence electrons. The highest BCUT2D eigenvalue weighted by Gasteiger charge is 2.20. The number of rotatable bonds is 8. The van der Waals surface area contributed by atoms with Gasteiger partial charge in [0, 0.05) is 24.7 Å². The molecule has 1 saturated carbocycles. The Bertz CT molecular complexity index is 481. The fourth-order valence-electron chi connectivity index (χ4n) is 2.02. The number of ether oxygens (including phenoxy) is 1. The van der Waals surface area contributed by atoms with Crippen molar-refractivity contribution in [2.24, 2.45) is 5.92 Å². The first-order chi connectivity index (χ1) is 10.1. The van der Waals surface area contributed by atoms with Crippen LogP contribution in [0.5, 0.6) is 0 Å². The summed E-state index contributed by atoms with van der Waals surface area (Å²) < 4.78 is 5.50. The average molecular weight is 331 g/mol. The molecule has 1 aliphatic rings. The lowest BCUT2D eigenvalue weighted by Gasteiger charge is -2.10. The zero-order valence-electron chi connectivity index (χ0n) is 11.8. The van der Waals surface area contributed by atoms with Gasteiger partial charge in [0.05, 0.1) is 16.4 Å². The van der Waals surface area contributed by atoms with E-state index < -0.39 is 0 Å². The maximum atomic E-state index is 11.8. The van der Waals surface area contributed by atoms with Gasteiger partial charge in [0.1, 0.15) is 0 Å². The van der Waals surface area contributed by atoms with E-state index in [-0.39, 0.29) is 5.91 Å². The molecule has 0 aliphatic heterocycles. The van der Waals surface area contributed by atoms with Gasteiger partial charge in [-0.15, -0.1) is 0 Å². The summed E-state index contributed by atoms with van der Waals surface area (Å²) in [4.78, 5) is 11.8. The second-order valence-electron chi connectivity index (χ2n) is 5.35. The summed E-state index contributed by atoms with van der Waals surface area (Å²) >= 11 is 11.8. The minimum absolute atomic E-state index is 0.128. The largest absolute Gasteiger partial charge is 0.397 e. The van der Waals surface area contributed by atoms with Crippen LogP contribution >= 0.6 is 23.2 Å². The molecule has 1 aliphatic carbocycles. The van der Waals surface area contributed by atoms with E-state index in [1.807, 2.05) is 0 Å². The lowest BCUT2D eigenvalue weighted by molar-refractivity contribution is -0.116. The van der Waals surface area contributed by atoms with Crippen molar-refractivity contribution < 1.29 is 9.53 Å². The second kappa shape index (κ2) is 7.87. The van der Waals surface area contributed by atoms with Crippen molar-refractivity contribution >= 4 is 40.5 Å². The third-order valence-corrected chi connectivity index (χ3v) is 3.93. The molecule has 1 amide bonds. The Morgan fingerprint density at radius 2 is 2.10 bits per heavy atom. The number of carbonyl (C=O) groups excluding carboxylic acids is 1. The molecule has 4 nitrogen and oxygen atoms in total. The highest BCUT2D eigenvalue weighted by molar-refractivity contribution is 6.37. The zero-order chi connectivity index (χ0) is 15.2. The quantitative estimate of drug-likeness (QED) is 0.556. The van der Waals surface area contributed by atoms with Crippen molar-refractivity contribution in [1.29, 1.82) is 0 Å². The van der Waals surface area contributed by atoms with Gasteiger partial charge in [-0.2, -0.15) is 0 Å². The third-order valence-electron chi connectivity index (χ3n) is 3.41. The van der Waals surface area contributed by atoms with E-state index in [2.05, 4.69) is 5.32 Å². The van der Waals surface area contributed by atoms with E-state index in [1.165, 1.54) is 12.8 Å². The van der Waals surface area contributed by atoms with Gasteiger partial charge >= 0.3 is 0 Å². The second-order valence-corrected chi connectivity index (χ2v) is 6.19. The number of halogens is 2. The first-order valence-electron chi connectivity index (χ1n) is 7.18. The maximum absolute atomic E-state index is 11.8. The molecule has 1 aromatic rings.